The van der Waals surface area contributed by atoms with E-state index in [-0.39, 0.29) is 6.10 Å². The Morgan fingerprint density at radius 2 is 1.81 bits per heavy atom. The molecule has 0 amide bonds. The summed E-state index contributed by atoms with van der Waals surface area (Å²) in [6, 6.07) is 9.97. The Morgan fingerprint density at radius 3 is 2.44 bits per heavy atom. The summed E-state index contributed by atoms with van der Waals surface area (Å²) in [7, 11) is 0. The smallest absolute Gasteiger partial charge is 0.0827 e. The van der Waals surface area contributed by atoms with Crippen LogP contribution in [0.5, 0.6) is 0 Å². The highest BCUT2D eigenvalue weighted by atomic mass is 16.3. The minimum Gasteiger partial charge on any atom is -0.388 e. The maximum atomic E-state index is 10.2. The zero-order chi connectivity index (χ0) is 11.4. The van der Waals surface area contributed by atoms with Crippen LogP contribution in [0.2, 0.25) is 0 Å². The quantitative estimate of drug-likeness (QED) is 0.841. The van der Waals surface area contributed by atoms with Crippen molar-refractivity contribution in [3.05, 3.63) is 35.9 Å². The molecule has 1 aliphatic rings. The fraction of sp³-hybridized carbons (Fsp3) is 0.571. The molecule has 0 spiro atoms. The molecular weight excluding hydrogens is 198 g/mol. The van der Waals surface area contributed by atoms with Crippen LogP contribution in [-0.2, 0) is 0 Å². The van der Waals surface area contributed by atoms with Gasteiger partial charge in [-0.3, -0.25) is 0 Å². The number of benzene rings is 1. The van der Waals surface area contributed by atoms with Crippen LogP contribution in [0, 0.1) is 5.92 Å². The van der Waals surface area contributed by atoms with Gasteiger partial charge in [0.05, 0.1) is 6.10 Å². The molecule has 88 valence electrons. The van der Waals surface area contributed by atoms with Gasteiger partial charge in [0.2, 0.25) is 0 Å². The maximum Gasteiger partial charge on any atom is 0.0827 e. The maximum absolute atomic E-state index is 10.2. The monoisotopic (exact) mass is 219 g/mol. The Balaban J connectivity index is 1.91. The number of nitrogens with zero attached hydrogens (tertiary/aromatic N) is 1. The van der Waals surface area contributed by atoms with E-state index in [1.807, 2.05) is 30.3 Å². The highest BCUT2D eigenvalue weighted by molar-refractivity contribution is 5.17. The third-order valence-electron chi connectivity index (χ3n) is 3.42. The van der Waals surface area contributed by atoms with Crippen LogP contribution in [0.25, 0.3) is 0 Å². The molecule has 2 rings (SSSR count). The molecule has 16 heavy (non-hydrogen) atoms. The average molecular weight is 219 g/mol. The van der Waals surface area contributed by atoms with E-state index in [4.69, 9.17) is 0 Å². The second-order valence-corrected chi connectivity index (χ2v) is 4.84. The first-order valence-electron chi connectivity index (χ1n) is 6.23. The lowest BCUT2D eigenvalue weighted by Gasteiger charge is -2.24. The fourth-order valence-electron chi connectivity index (χ4n) is 2.45. The van der Waals surface area contributed by atoms with Crippen molar-refractivity contribution in [3.8, 4) is 0 Å². The molecule has 1 saturated heterocycles. The third-order valence-corrected chi connectivity index (χ3v) is 3.42. The van der Waals surface area contributed by atoms with Crippen molar-refractivity contribution in [2.45, 2.75) is 25.9 Å². The number of likely N-dealkylation sites (tertiary alicyclic amines) is 1. The minimum atomic E-state index is -0.332. The summed E-state index contributed by atoms with van der Waals surface area (Å²) in [4.78, 5) is 2.46. The first-order chi connectivity index (χ1) is 7.77. The molecule has 0 saturated carbocycles. The molecule has 0 aromatic heterocycles. The Labute approximate surface area is 97.9 Å². The van der Waals surface area contributed by atoms with Gasteiger partial charge in [0.15, 0.2) is 0 Å². The van der Waals surface area contributed by atoms with E-state index >= 15 is 0 Å². The summed E-state index contributed by atoms with van der Waals surface area (Å²) in [6.45, 7) is 5.55. The van der Waals surface area contributed by atoms with Crippen molar-refractivity contribution in [2.24, 2.45) is 5.92 Å². The van der Waals surface area contributed by atoms with Gasteiger partial charge < -0.3 is 10.0 Å². The molecule has 1 fully saturated rings. The van der Waals surface area contributed by atoms with E-state index in [9.17, 15) is 5.11 Å². The predicted molar refractivity (Wildman–Crippen MR) is 66.2 cm³/mol. The lowest BCUT2D eigenvalue weighted by Crippen LogP contribution is -2.28. The number of rotatable bonds is 4. The molecule has 1 N–H and O–H groups in total. The second kappa shape index (κ2) is 5.46. The summed E-state index contributed by atoms with van der Waals surface area (Å²) in [5.41, 5.74) is 1.04. The van der Waals surface area contributed by atoms with Gasteiger partial charge in [-0.2, -0.15) is 0 Å². The van der Waals surface area contributed by atoms with Crippen LogP contribution >= 0.6 is 0 Å². The molecule has 0 bridgehead atoms. The molecule has 0 radical (unpaired) electrons. The van der Waals surface area contributed by atoms with Crippen molar-refractivity contribution >= 4 is 0 Å². The first-order valence-corrected chi connectivity index (χ1v) is 6.23. The standard InChI is InChI=1S/C14H21NO/c1-12(11-15-9-5-6-10-15)14(16)13-7-3-2-4-8-13/h2-4,7-8,12,14,16H,5-6,9-11H2,1H3. The van der Waals surface area contributed by atoms with Gasteiger partial charge in [0.25, 0.3) is 0 Å². The van der Waals surface area contributed by atoms with Crippen molar-refractivity contribution in [1.29, 1.82) is 0 Å². The average Bonchev–Trinajstić information content (AvgIpc) is 2.82. The van der Waals surface area contributed by atoms with E-state index in [1.54, 1.807) is 0 Å². The van der Waals surface area contributed by atoms with Gasteiger partial charge in [-0.1, -0.05) is 37.3 Å². The zero-order valence-corrected chi connectivity index (χ0v) is 9.97. The van der Waals surface area contributed by atoms with Crippen LogP contribution in [0.3, 0.4) is 0 Å². The van der Waals surface area contributed by atoms with Gasteiger partial charge in [0.1, 0.15) is 0 Å². The van der Waals surface area contributed by atoms with E-state index in [0.717, 1.165) is 12.1 Å². The number of aliphatic hydroxyl groups is 1. The second-order valence-electron chi connectivity index (χ2n) is 4.84. The largest absolute Gasteiger partial charge is 0.388 e. The SMILES string of the molecule is CC(CN1CCCC1)C(O)c1ccccc1. The van der Waals surface area contributed by atoms with E-state index in [0.29, 0.717) is 5.92 Å². The molecule has 2 atom stereocenters. The van der Waals surface area contributed by atoms with Crippen LogP contribution in [-0.4, -0.2) is 29.6 Å². The summed E-state index contributed by atoms with van der Waals surface area (Å²) >= 11 is 0. The lowest BCUT2D eigenvalue weighted by atomic mass is 9.97. The fourth-order valence-corrected chi connectivity index (χ4v) is 2.45. The van der Waals surface area contributed by atoms with Crippen molar-refractivity contribution in [2.75, 3.05) is 19.6 Å². The normalized spacial score (nSPS) is 20.9. The Hall–Kier alpha value is -0.860. The first kappa shape index (κ1) is 11.6. The van der Waals surface area contributed by atoms with E-state index < -0.39 is 0 Å². The molecule has 2 heteroatoms. The van der Waals surface area contributed by atoms with Crippen molar-refractivity contribution < 1.29 is 5.11 Å². The van der Waals surface area contributed by atoms with Crippen LogP contribution in [0.1, 0.15) is 31.4 Å². The minimum absolute atomic E-state index is 0.306. The van der Waals surface area contributed by atoms with Crippen LogP contribution in [0.4, 0.5) is 0 Å². The number of hydrogen-bond acceptors (Lipinski definition) is 2. The Bertz CT molecular complexity index is 306. The van der Waals surface area contributed by atoms with Gasteiger partial charge >= 0.3 is 0 Å². The number of aliphatic hydroxyl groups excluding tert-OH is 1. The molecule has 2 nitrogen and oxygen atoms in total. The molecule has 1 heterocycles. The van der Waals surface area contributed by atoms with Crippen molar-refractivity contribution in [1.82, 2.24) is 4.90 Å². The molecule has 0 aliphatic carbocycles. The number of hydrogen-bond donors (Lipinski definition) is 1. The molecule has 2 unspecified atom stereocenters. The summed E-state index contributed by atoms with van der Waals surface area (Å²) in [5.74, 6) is 0.306. The summed E-state index contributed by atoms with van der Waals surface area (Å²) < 4.78 is 0. The lowest BCUT2D eigenvalue weighted by molar-refractivity contribution is 0.0946. The molecule has 1 aromatic rings. The van der Waals surface area contributed by atoms with Gasteiger partial charge in [0, 0.05) is 6.54 Å². The molecule has 1 aromatic carbocycles. The van der Waals surface area contributed by atoms with Gasteiger partial charge in [-0.15, -0.1) is 0 Å². The van der Waals surface area contributed by atoms with Crippen LogP contribution in [0.15, 0.2) is 30.3 Å². The van der Waals surface area contributed by atoms with Gasteiger partial charge in [-0.25, -0.2) is 0 Å². The Kier molecular flexibility index (Phi) is 3.97. The van der Waals surface area contributed by atoms with Crippen LogP contribution < -0.4 is 0 Å². The summed E-state index contributed by atoms with van der Waals surface area (Å²) in [5, 5.41) is 10.2. The Morgan fingerprint density at radius 1 is 1.19 bits per heavy atom. The highest BCUT2D eigenvalue weighted by Gasteiger charge is 2.20. The molecular formula is C14H21NO. The third kappa shape index (κ3) is 2.83. The summed E-state index contributed by atoms with van der Waals surface area (Å²) in [6.07, 6.45) is 2.30. The topological polar surface area (TPSA) is 23.5 Å². The predicted octanol–water partition coefficient (Wildman–Crippen LogP) is 2.45. The zero-order valence-electron chi connectivity index (χ0n) is 9.97. The van der Waals surface area contributed by atoms with E-state index in [1.165, 1.54) is 25.9 Å². The van der Waals surface area contributed by atoms with E-state index in [2.05, 4.69) is 11.8 Å². The molecule has 1 aliphatic heterocycles. The van der Waals surface area contributed by atoms with Crippen molar-refractivity contribution in [3.63, 3.8) is 0 Å². The highest BCUT2D eigenvalue weighted by Crippen LogP contribution is 2.23. The van der Waals surface area contributed by atoms with Gasteiger partial charge in [-0.05, 0) is 37.4 Å².